The highest BCUT2D eigenvalue weighted by Gasteiger charge is 2.21. The number of ether oxygens (including phenoxy) is 2. The molecule has 4 N–H and O–H groups in total. The number of fused-ring (bicyclic) bond motifs is 1. The molecule has 1 amide bonds. The predicted molar refractivity (Wildman–Crippen MR) is 141 cm³/mol. The number of benzene rings is 2. The van der Waals surface area contributed by atoms with Gasteiger partial charge in [0.25, 0.3) is 5.91 Å². The summed E-state index contributed by atoms with van der Waals surface area (Å²) >= 11 is 0. The Kier molecular flexibility index (Phi) is 6.98. The van der Waals surface area contributed by atoms with Crippen molar-refractivity contribution in [3.8, 4) is 17.1 Å². The third kappa shape index (κ3) is 5.58. The molecule has 2 fully saturated rings. The van der Waals surface area contributed by atoms with Crippen LogP contribution in [0.4, 0.5) is 11.5 Å². The van der Waals surface area contributed by atoms with Crippen LogP contribution in [-0.2, 0) is 22.6 Å². The zero-order valence-electron chi connectivity index (χ0n) is 20.8. The normalized spacial score (nSPS) is 17.6. The molecule has 1 saturated carbocycles. The summed E-state index contributed by atoms with van der Waals surface area (Å²) in [5.41, 5.74) is 11.5. The molecule has 0 radical (unpaired) electrons. The lowest BCUT2D eigenvalue weighted by Crippen LogP contribution is -2.41. The largest absolute Gasteiger partial charge is 0.484 e. The molecule has 1 aromatic heterocycles. The average Bonchev–Trinajstić information content (AvgIpc) is 3.45. The molecule has 3 aliphatic rings. The van der Waals surface area contributed by atoms with Crippen LogP contribution in [0.5, 0.6) is 5.75 Å². The van der Waals surface area contributed by atoms with Crippen LogP contribution in [0, 0.1) is 0 Å². The predicted octanol–water partition coefficient (Wildman–Crippen LogP) is 3.20. The number of anilines is 2. The van der Waals surface area contributed by atoms with E-state index in [1.54, 1.807) is 0 Å². The number of hydrogen-bond donors (Lipinski definition) is 4. The number of hydrazine groups is 1. The quantitative estimate of drug-likeness (QED) is 0.373. The Bertz CT molecular complexity index is 1260. The van der Waals surface area contributed by atoms with Gasteiger partial charge in [-0.15, -0.1) is 0 Å². The number of amides is 1. The molecule has 6 rings (SSSR count). The fourth-order valence-corrected chi connectivity index (χ4v) is 4.83. The molecule has 37 heavy (non-hydrogen) atoms. The van der Waals surface area contributed by atoms with Gasteiger partial charge in [0, 0.05) is 48.3 Å². The van der Waals surface area contributed by atoms with Crippen molar-refractivity contribution in [2.45, 2.75) is 44.2 Å². The molecule has 3 heterocycles. The summed E-state index contributed by atoms with van der Waals surface area (Å²) in [6.45, 7) is 2.98. The molecule has 9 nitrogen and oxygen atoms in total. The number of nitrogens with one attached hydrogen (secondary N) is 4. The van der Waals surface area contributed by atoms with Gasteiger partial charge in [0.1, 0.15) is 11.6 Å². The van der Waals surface area contributed by atoms with Crippen LogP contribution in [0.15, 0.2) is 48.5 Å². The van der Waals surface area contributed by atoms with Crippen molar-refractivity contribution in [3.05, 3.63) is 65.4 Å². The maximum absolute atomic E-state index is 12.2. The first-order valence-corrected chi connectivity index (χ1v) is 13.0. The minimum Gasteiger partial charge on any atom is -0.484 e. The summed E-state index contributed by atoms with van der Waals surface area (Å²) in [4.78, 5) is 21.9. The summed E-state index contributed by atoms with van der Waals surface area (Å²) in [6, 6.07) is 16.4. The van der Waals surface area contributed by atoms with E-state index in [1.165, 1.54) is 12.0 Å². The topological polar surface area (TPSA) is 109 Å². The first-order valence-electron chi connectivity index (χ1n) is 13.0. The van der Waals surface area contributed by atoms with Crippen molar-refractivity contribution in [3.63, 3.8) is 0 Å². The van der Waals surface area contributed by atoms with Gasteiger partial charge in [-0.25, -0.2) is 9.97 Å². The van der Waals surface area contributed by atoms with E-state index >= 15 is 0 Å². The Morgan fingerprint density at radius 1 is 1.08 bits per heavy atom. The summed E-state index contributed by atoms with van der Waals surface area (Å²) in [7, 11) is 0. The first kappa shape index (κ1) is 23.8. The summed E-state index contributed by atoms with van der Waals surface area (Å²) in [6.07, 6.45) is 4.02. The Labute approximate surface area is 216 Å². The molecule has 1 aliphatic carbocycles. The second-order valence-corrected chi connectivity index (χ2v) is 9.84. The fraction of sp³-hybridized carbons (Fsp3) is 0.393. The van der Waals surface area contributed by atoms with Crippen molar-refractivity contribution in [1.82, 2.24) is 26.1 Å². The van der Waals surface area contributed by atoms with Crippen LogP contribution in [0.1, 0.15) is 42.0 Å². The van der Waals surface area contributed by atoms with Gasteiger partial charge in [-0.2, -0.15) is 0 Å². The van der Waals surface area contributed by atoms with Crippen molar-refractivity contribution in [2.75, 3.05) is 31.6 Å². The van der Waals surface area contributed by atoms with Gasteiger partial charge >= 0.3 is 0 Å². The first-order chi connectivity index (χ1) is 18.2. The van der Waals surface area contributed by atoms with E-state index in [-0.39, 0.29) is 12.5 Å². The highest BCUT2D eigenvalue weighted by atomic mass is 16.5. The van der Waals surface area contributed by atoms with Crippen LogP contribution in [-0.4, -0.2) is 48.2 Å². The maximum atomic E-state index is 12.2. The highest BCUT2D eigenvalue weighted by Crippen LogP contribution is 2.30. The smallest absolute Gasteiger partial charge is 0.258 e. The fourth-order valence-electron chi connectivity index (χ4n) is 4.83. The van der Waals surface area contributed by atoms with E-state index in [4.69, 9.17) is 19.4 Å². The van der Waals surface area contributed by atoms with E-state index in [0.717, 1.165) is 60.7 Å². The Morgan fingerprint density at radius 3 is 2.70 bits per heavy atom. The summed E-state index contributed by atoms with van der Waals surface area (Å²) in [5, 5.41) is 6.50. The van der Waals surface area contributed by atoms with E-state index in [2.05, 4.69) is 45.8 Å². The molecule has 192 valence electrons. The highest BCUT2D eigenvalue weighted by molar-refractivity contribution is 5.78. The van der Waals surface area contributed by atoms with E-state index in [1.807, 2.05) is 24.3 Å². The van der Waals surface area contributed by atoms with E-state index < -0.39 is 0 Å². The zero-order valence-corrected chi connectivity index (χ0v) is 20.8. The number of nitrogens with zero attached hydrogens (tertiary/aromatic N) is 2. The van der Waals surface area contributed by atoms with E-state index in [9.17, 15) is 4.79 Å². The summed E-state index contributed by atoms with van der Waals surface area (Å²) < 4.78 is 11.5. The Hall–Kier alpha value is -3.53. The number of carbonyl (C=O) groups is 1. The van der Waals surface area contributed by atoms with Crippen molar-refractivity contribution in [1.29, 1.82) is 0 Å². The molecule has 2 aliphatic heterocycles. The van der Waals surface area contributed by atoms with Crippen LogP contribution in [0.25, 0.3) is 11.4 Å². The van der Waals surface area contributed by atoms with Crippen LogP contribution < -0.4 is 26.2 Å². The lowest BCUT2D eigenvalue weighted by Gasteiger charge is -2.26. The molecule has 2 aromatic carbocycles. The molecule has 0 unspecified atom stereocenters. The SMILES string of the molecule is O=C(COc1cccc(-c2nc3c(c(Nc4ccc(C5CNNC5)cc4)n2)COCC3)c1)NC1CCC1. The molecule has 0 atom stereocenters. The molecular formula is C28H32N6O3. The number of hydrogen-bond acceptors (Lipinski definition) is 8. The molecule has 0 spiro atoms. The molecule has 0 bridgehead atoms. The van der Waals surface area contributed by atoms with Gasteiger partial charge in [0.2, 0.25) is 0 Å². The molecule has 9 heteroatoms. The number of rotatable bonds is 8. The van der Waals surface area contributed by atoms with Gasteiger partial charge in [0.15, 0.2) is 12.4 Å². The van der Waals surface area contributed by atoms with Gasteiger partial charge in [-0.3, -0.25) is 15.6 Å². The van der Waals surface area contributed by atoms with Crippen LogP contribution in [0.2, 0.25) is 0 Å². The average molecular weight is 501 g/mol. The number of carbonyl (C=O) groups excluding carboxylic acids is 1. The van der Waals surface area contributed by atoms with Gasteiger partial charge in [-0.05, 0) is 49.1 Å². The zero-order chi connectivity index (χ0) is 25.0. The lowest BCUT2D eigenvalue weighted by molar-refractivity contribution is -0.124. The van der Waals surface area contributed by atoms with Gasteiger partial charge < -0.3 is 20.1 Å². The number of aromatic nitrogens is 2. The van der Waals surface area contributed by atoms with Gasteiger partial charge in [0.05, 0.1) is 18.9 Å². The molecule has 3 aromatic rings. The van der Waals surface area contributed by atoms with Crippen molar-refractivity contribution < 1.29 is 14.3 Å². The Balaban J connectivity index is 1.21. The van der Waals surface area contributed by atoms with Crippen LogP contribution >= 0.6 is 0 Å². The van der Waals surface area contributed by atoms with Gasteiger partial charge in [-0.1, -0.05) is 24.3 Å². The second kappa shape index (κ2) is 10.8. The van der Waals surface area contributed by atoms with E-state index in [0.29, 0.717) is 36.7 Å². The van der Waals surface area contributed by atoms with Crippen molar-refractivity contribution >= 4 is 17.4 Å². The monoisotopic (exact) mass is 500 g/mol. The maximum Gasteiger partial charge on any atom is 0.258 e. The minimum absolute atomic E-state index is 0.00186. The standard InChI is InChI=1S/C28H32N6O3/c35-26(31-21-4-2-5-21)17-37-23-6-1-3-19(13-23)27-33-25-11-12-36-16-24(25)28(34-27)32-22-9-7-18(8-10-22)20-14-29-30-15-20/h1,3,6-10,13,20-21,29-30H,2,4-5,11-12,14-17H2,(H,31,35)(H,32,33,34). The second-order valence-electron chi connectivity index (χ2n) is 9.84. The Morgan fingerprint density at radius 2 is 1.92 bits per heavy atom. The third-order valence-corrected chi connectivity index (χ3v) is 7.22. The van der Waals surface area contributed by atoms with Crippen LogP contribution in [0.3, 0.4) is 0 Å². The third-order valence-electron chi connectivity index (χ3n) is 7.22. The van der Waals surface area contributed by atoms with Crippen molar-refractivity contribution in [2.24, 2.45) is 0 Å². The minimum atomic E-state index is -0.0851. The lowest BCUT2D eigenvalue weighted by atomic mass is 9.93. The summed E-state index contributed by atoms with van der Waals surface area (Å²) in [5.74, 6) is 2.37. The molecule has 1 saturated heterocycles. The molecular weight excluding hydrogens is 468 g/mol.